The molecule has 3 aromatic carbocycles. The molecule has 0 saturated heterocycles. The Hall–Kier alpha value is -3.72. The second-order valence-electron chi connectivity index (χ2n) is 7.86. The zero-order chi connectivity index (χ0) is 21.3. The fourth-order valence-electron chi connectivity index (χ4n) is 4.34. The molecule has 0 bridgehead atoms. The topological polar surface area (TPSA) is 31.6 Å². The number of ether oxygens (including phenoxy) is 2. The Labute approximate surface area is 182 Å². The molecule has 0 amide bonds. The van der Waals surface area contributed by atoms with Crippen molar-refractivity contribution in [2.45, 2.75) is 18.4 Å². The van der Waals surface area contributed by atoms with E-state index >= 15 is 0 Å². The van der Waals surface area contributed by atoms with Gasteiger partial charge in [0.25, 0.3) is 0 Å². The molecular weight excluding hydrogens is 384 g/mol. The molecule has 1 aliphatic heterocycles. The second kappa shape index (κ2) is 7.84. The van der Waals surface area contributed by atoms with Crippen molar-refractivity contribution < 1.29 is 13.9 Å². The predicted molar refractivity (Wildman–Crippen MR) is 122 cm³/mol. The van der Waals surface area contributed by atoms with Crippen molar-refractivity contribution in [2.75, 3.05) is 7.11 Å². The smallest absolute Gasteiger partial charge is 0.172 e. The Balaban J connectivity index is 1.65. The van der Waals surface area contributed by atoms with Crippen LogP contribution in [0.25, 0.3) is 11.3 Å². The highest BCUT2D eigenvalue weighted by Crippen LogP contribution is 2.51. The van der Waals surface area contributed by atoms with Crippen molar-refractivity contribution in [3.05, 3.63) is 126 Å². The Bertz CT molecular complexity index is 1190. The molecule has 0 radical (unpaired) electrons. The first-order chi connectivity index (χ1) is 15.2. The van der Waals surface area contributed by atoms with E-state index in [1.165, 1.54) is 5.56 Å². The summed E-state index contributed by atoms with van der Waals surface area (Å²) in [6, 6.07) is 29.0. The molecule has 31 heavy (non-hydrogen) atoms. The molecule has 2 atom stereocenters. The van der Waals surface area contributed by atoms with Crippen LogP contribution >= 0.6 is 0 Å². The molecule has 0 aliphatic carbocycles. The van der Waals surface area contributed by atoms with E-state index < -0.39 is 5.60 Å². The summed E-state index contributed by atoms with van der Waals surface area (Å²) >= 11 is 0. The summed E-state index contributed by atoms with van der Waals surface area (Å²) in [5.41, 5.74) is 4.77. The van der Waals surface area contributed by atoms with Crippen LogP contribution in [0.1, 0.15) is 28.2 Å². The lowest BCUT2D eigenvalue weighted by Gasteiger charge is -2.35. The van der Waals surface area contributed by atoms with Gasteiger partial charge >= 0.3 is 0 Å². The number of rotatable bonds is 5. The molecule has 154 valence electrons. The third-order valence-electron chi connectivity index (χ3n) is 6.00. The van der Waals surface area contributed by atoms with Gasteiger partial charge in [0.15, 0.2) is 5.60 Å². The molecular formula is C28H24O3. The Morgan fingerprint density at radius 2 is 1.58 bits per heavy atom. The van der Waals surface area contributed by atoms with Gasteiger partial charge in [0, 0.05) is 16.7 Å². The van der Waals surface area contributed by atoms with Crippen LogP contribution in [0.3, 0.4) is 0 Å². The zero-order valence-electron chi connectivity index (χ0n) is 17.6. The van der Waals surface area contributed by atoms with Crippen LogP contribution < -0.4 is 4.74 Å². The fourth-order valence-corrected chi connectivity index (χ4v) is 4.34. The van der Waals surface area contributed by atoms with Crippen LogP contribution in [0.2, 0.25) is 0 Å². The summed E-state index contributed by atoms with van der Waals surface area (Å²) in [6.45, 7) is 2.09. The highest BCUT2D eigenvalue weighted by Gasteiger charge is 2.47. The summed E-state index contributed by atoms with van der Waals surface area (Å²) in [6.07, 6.45) is 5.76. The first kappa shape index (κ1) is 19.3. The van der Waals surface area contributed by atoms with Crippen molar-refractivity contribution in [1.82, 2.24) is 0 Å². The number of aryl methyl sites for hydroxylation is 1. The minimum atomic E-state index is -0.710. The average Bonchev–Trinajstić information content (AvgIpc) is 3.49. The van der Waals surface area contributed by atoms with Crippen molar-refractivity contribution in [3.8, 4) is 17.1 Å². The minimum Gasteiger partial charge on any atom is -0.497 e. The number of hydrogen-bond acceptors (Lipinski definition) is 3. The SMILES string of the molecule is COc1ccc(C2C=COC2(c2ccc(C)cc2)c2coc(-c3ccccc3)c2)cc1. The third-order valence-corrected chi connectivity index (χ3v) is 6.00. The van der Waals surface area contributed by atoms with E-state index in [-0.39, 0.29) is 5.92 Å². The van der Waals surface area contributed by atoms with E-state index in [2.05, 4.69) is 67.6 Å². The molecule has 0 saturated carbocycles. The van der Waals surface area contributed by atoms with Crippen LogP contribution in [-0.4, -0.2) is 7.11 Å². The Morgan fingerprint density at radius 3 is 2.29 bits per heavy atom. The highest BCUT2D eigenvalue weighted by molar-refractivity contribution is 5.60. The number of methoxy groups -OCH3 is 1. The third kappa shape index (κ3) is 3.32. The molecule has 3 heteroatoms. The van der Waals surface area contributed by atoms with Crippen molar-refractivity contribution >= 4 is 0 Å². The van der Waals surface area contributed by atoms with Gasteiger partial charge in [0.2, 0.25) is 0 Å². The quantitative estimate of drug-likeness (QED) is 0.362. The summed E-state index contributed by atoms with van der Waals surface area (Å²) in [5.74, 6) is 1.65. The fraction of sp³-hybridized carbons (Fsp3) is 0.143. The van der Waals surface area contributed by atoms with Crippen molar-refractivity contribution in [3.63, 3.8) is 0 Å². The van der Waals surface area contributed by atoms with E-state index in [9.17, 15) is 0 Å². The standard InChI is InChI=1S/C28H24O3/c1-20-8-12-23(13-9-20)28(24-18-27(30-19-24)22-6-4-3-5-7-22)26(16-17-31-28)21-10-14-25(29-2)15-11-21/h3-19,26H,1-2H3. The lowest BCUT2D eigenvalue weighted by atomic mass is 9.74. The van der Waals surface area contributed by atoms with Gasteiger partial charge in [0.05, 0.1) is 25.6 Å². The lowest BCUT2D eigenvalue weighted by molar-refractivity contribution is 0.0674. The molecule has 0 fully saturated rings. The van der Waals surface area contributed by atoms with Gasteiger partial charge in [-0.3, -0.25) is 0 Å². The largest absolute Gasteiger partial charge is 0.497 e. The molecule has 2 heterocycles. The maximum Gasteiger partial charge on any atom is 0.172 e. The van der Waals surface area contributed by atoms with Gasteiger partial charge in [0.1, 0.15) is 11.5 Å². The molecule has 4 aromatic rings. The highest BCUT2D eigenvalue weighted by atomic mass is 16.5. The number of benzene rings is 3. The Morgan fingerprint density at radius 1 is 0.839 bits per heavy atom. The van der Waals surface area contributed by atoms with Crippen molar-refractivity contribution in [2.24, 2.45) is 0 Å². The molecule has 0 spiro atoms. The predicted octanol–water partition coefficient (Wildman–Crippen LogP) is 6.83. The van der Waals surface area contributed by atoms with E-state index in [0.29, 0.717) is 0 Å². The number of furan rings is 1. The first-order valence-electron chi connectivity index (χ1n) is 10.4. The van der Waals surface area contributed by atoms with Crippen LogP contribution in [0.15, 0.2) is 108 Å². The molecule has 2 unspecified atom stereocenters. The lowest BCUT2D eigenvalue weighted by Crippen LogP contribution is -2.32. The van der Waals surface area contributed by atoms with Gasteiger partial charge < -0.3 is 13.9 Å². The summed E-state index contributed by atoms with van der Waals surface area (Å²) in [4.78, 5) is 0. The van der Waals surface area contributed by atoms with E-state index in [4.69, 9.17) is 13.9 Å². The first-order valence-corrected chi connectivity index (χ1v) is 10.4. The summed E-state index contributed by atoms with van der Waals surface area (Å²) in [7, 11) is 1.68. The van der Waals surface area contributed by atoms with Crippen LogP contribution in [0.4, 0.5) is 0 Å². The van der Waals surface area contributed by atoms with Crippen molar-refractivity contribution in [1.29, 1.82) is 0 Å². The van der Waals surface area contributed by atoms with Crippen LogP contribution in [0.5, 0.6) is 5.75 Å². The molecule has 0 N–H and O–H groups in total. The van der Waals surface area contributed by atoms with Gasteiger partial charge in [-0.15, -0.1) is 0 Å². The van der Waals surface area contributed by atoms with Gasteiger partial charge in [-0.25, -0.2) is 0 Å². The van der Waals surface area contributed by atoms with Gasteiger partial charge in [-0.1, -0.05) is 72.3 Å². The maximum atomic E-state index is 6.45. The number of hydrogen-bond donors (Lipinski definition) is 0. The Kier molecular flexibility index (Phi) is 4.87. The normalized spacial score (nSPS) is 19.9. The van der Waals surface area contributed by atoms with E-state index in [1.807, 2.05) is 42.9 Å². The molecule has 3 nitrogen and oxygen atoms in total. The monoisotopic (exact) mass is 408 g/mol. The van der Waals surface area contributed by atoms with E-state index in [1.54, 1.807) is 7.11 Å². The zero-order valence-corrected chi connectivity index (χ0v) is 17.6. The maximum absolute atomic E-state index is 6.45. The van der Waals surface area contributed by atoms with Crippen LogP contribution in [0, 0.1) is 6.92 Å². The van der Waals surface area contributed by atoms with Crippen LogP contribution in [-0.2, 0) is 10.3 Å². The average molecular weight is 408 g/mol. The summed E-state index contributed by atoms with van der Waals surface area (Å²) < 4.78 is 17.8. The summed E-state index contributed by atoms with van der Waals surface area (Å²) in [5, 5.41) is 0. The van der Waals surface area contributed by atoms with Gasteiger partial charge in [-0.05, 0) is 36.8 Å². The second-order valence-corrected chi connectivity index (χ2v) is 7.86. The van der Waals surface area contributed by atoms with Gasteiger partial charge in [-0.2, -0.15) is 0 Å². The van der Waals surface area contributed by atoms with E-state index in [0.717, 1.165) is 33.8 Å². The molecule has 1 aromatic heterocycles. The molecule has 5 rings (SSSR count). The minimum absolute atomic E-state index is 0.0117. The molecule has 1 aliphatic rings.